The molecule has 0 saturated heterocycles. The van der Waals surface area contributed by atoms with Crippen molar-refractivity contribution in [2.45, 2.75) is 18.5 Å². The Morgan fingerprint density at radius 1 is 1.31 bits per heavy atom. The highest BCUT2D eigenvalue weighted by Gasteiger charge is 2.38. The minimum Gasteiger partial charge on any atom is -0.290 e. The lowest BCUT2D eigenvalue weighted by molar-refractivity contribution is -0.171. The Morgan fingerprint density at radius 3 is 2.31 bits per heavy atom. The number of halogens is 3. The quantitative estimate of drug-likeness (QED) is 0.721. The number of carbonyl (C=O) groups excluding carboxylic acids is 1. The van der Waals surface area contributed by atoms with Crippen LogP contribution in [-0.2, 0) is 4.79 Å². The van der Waals surface area contributed by atoms with Crippen molar-refractivity contribution in [1.29, 1.82) is 0 Å². The minimum absolute atomic E-state index is 0.586. The van der Waals surface area contributed by atoms with Crippen LogP contribution in [0.3, 0.4) is 0 Å². The second-order valence-corrected chi connectivity index (χ2v) is 3.38. The largest absolute Gasteiger partial charge is 0.450 e. The highest BCUT2D eigenvalue weighted by molar-refractivity contribution is 5.85. The van der Waals surface area contributed by atoms with Crippen LogP contribution in [0.5, 0.6) is 0 Å². The van der Waals surface area contributed by atoms with Crippen molar-refractivity contribution in [3.63, 3.8) is 0 Å². The fraction of sp³-hybridized carbons (Fsp3) is 0.250. The average Bonchev–Trinajstić information content (AvgIpc) is 2.25. The number of carbonyl (C=O) groups is 1. The first-order valence-electron chi connectivity index (χ1n) is 4.72. The molecule has 1 aromatic carbocycles. The first kappa shape index (κ1) is 12.5. The number of hydrogen-bond acceptors (Lipinski definition) is 1. The van der Waals surface area contributed by atoms with E-state index in [0.29, 0.717) is 5.56 Å². The summed E-state index contributed by atoms with van der Waals surface area (Å²) >= 11 is 0. The van der Waals surface area contributed by atoms with Gasteiger partial charge in [0.05, 0.1) is 0 Å². The van der Waals surface area contributed by atoms with Crippen LogP contribution in [0.4, 0.5) is 13.2 Å². The summed E-state index contributed by atoms with van der Waals surface area (Å²) in [6.45, 7) is 3.45. The molecule has 0 fully saturated rings. The second kappa shape index (κ2) is 4.96. The molecule has 0 N–H and O–H groups in total. The summed E-state index contributed by atoms with van der Waals surface area (Å²) in [7, 11) is 0. The predicted octanol–water partition coefficient (Wildman–Crippen LogP) is 3.48. The maximum atomic E-state index is 12.1. The lowest BCUT2D eigenvalue weighted by atomic mass is 9.94. The van der Waals surface area contributed by atoms with Gasteiger partial charge in [0, 0.05) is 12.3 Å². The fourth-order valence-electron chi connectivity index (χ4n) is 1.35. The summed E-state index contributed by atoms with van der Waals surface area (Å²) < 4.78 is 36.2. The fourth-order valence-corrected chi connectivity index (χ4v) is 1.35. The molecule has 0 aliphatic carbocycles. The monoisotopic (exact) mass is 228 g/mol. The summed E-state index contributed by atoms with van der Waals surface area (Å²) in [5, 5.41) is 0. The molecule has 1 nitrogen and oxygen atoms in total. The molecule has 1 atom stereocenters. The van der Waals surface area contributed by atoms with Crippen molar-refractivity contribution in [3.05, 3.63) is 48.6 Å². The SMILES string of the molecule is C=CC(CC(=O)C(F)(F)F)c1ccccc1. The summed E-state index contributed by atoms with van der Waals surface area (Å²) in [6, 6.07) is 8.54. The van der Waals surface area contributed by atoms with E-state index in [-0.39, 0.29) is 0 Å². The molecule has 0 bridgehead atoms. The normalized spacial score (nSPS) is 13.2. The first-order valence-corrected chi connectivity index (χ1v) is 4.72. The van der Waals surface area contributed by atoms with Gasteiger partial charge in [-0.25, -0.2) is 0 Å². The Hall–Kier alpha value is -1.58. The van der Waals surface area contributed by atoms with E-state index < -0.39 is 24.3 Å². The lowest BCUT2D eigenvalue weighted by Gasteiger charge is -2.13. The second-order valence-electron chi connectivity index (χ2n) is 3.38. The van der Waals surface area contributed by atoms with Crippen molar-refractivity contribution < 1.29 is 18.0 Å². The van der Waals surface area contributed by atoms with Gasteiger partial charge in [0.25, 0.3) is 0 Å². The van der Waals surface area contributed by atoms with Crippen molar-refractivity contribution in [1.82, 2.24) is 0 Å². The zero-order chi connectivity index (χ0) is 12.2. The number of Topliss-reactive ketones (excluding diaryl/α,β-unsaturated/α-hetero) is 1. The van der Waals surface area contributed by atoms with E-state index in [1.54, 1.807) is 30.3 Å². The molecule has 1 rings (SSSR count). The van der Waals surface area contributed by atoms with Crippen molar-refractivity contribution >= 4 is 5.78 Å². The smallest absolute Gasteiger partial charge is 0.290 e. The van der Waals surface area contributed by atoms with Gasteiger partial charge in [0.1, 0.15) is 0 Å². The van der Waals surface area contributed by atoms with Crippen molar-refractivity contribution in [3.8, 4) is 0 Å². The summed E-state index contributed by atoms with van der Waals surface area (Å²) in [5.74, 6) is -2.31. The Labute approximate surface area is 91.6 Å². The molecule has 0 heterocycles. The average molecular weight is 228 g/mol. The van der Waals surface area contributed by atoms with E-state index in [0.717, 1.165) is 0 Å². The molecule has 1 unspecified atom stereocenters. The van der Waals surface area contributed by atoms with E-state index in [9.17, 15) is 18.0 Å². The molecular weight excluding hydrogens is 217 g/mol. The maximum Gasteiger partial charge on any atom is 0.450 e. The van der Waals surface area contributed by atoms with E-state index in [4.69, 9.17) is 0 Å². The molecule has 86 valence electrons. The highest BCUT2D eigenvalue weighted by Crippen LogP contribution is 2.26. The van der Waals surface area contributed by atoms with Crippen LogP contribution in [0, 0.1) is 0 Å². The number of alkyl halides is 3. The number of hydrogen-bond donors (Lipinski definition) is 0. The third-order valence-corrected chi connectivity index (χ3v) is 2.23. The van der Waals surface area contributed by atoms with Crippen LogP contribution in [0.15, 0.2) is 43.0 Å². The van der Waals surface area contributed by atoms with Gasteiger partial charge >= 0.3 is 6.18 Å². The van der Waals surface area contributed by atoms with Crippen molar-refractivity contribution in [2.24, 2.45) is 0 Å². The van der Waals surface area contributed by atoms with Crippen LogP contribution in [0.25, 0.3) is 0 Å². The van der Waals surface area contributed by atoms with Crippen LogP contribution < -0.4 is 0 Å². The van der Waals surface area contributed by atoms with Gasteiger partial charge in [-0.05, 0) is 5.56 Å². The summed E-state index contributed by atoms with van der Waals surface area (Å²) in [5.41, 5.74) is 0.662. The van der Waals surface area contributed by atoms with E-state index in [1.807, 2.05) is 0 Å². The molecule has 0 saturated carbocycles. The summed E-state index contributed by atoms with van der Waals surface area (Å²) in [6.07, 6.45) is -3.99. The molecule has 0 amide bonds. The van der Waals surface area contributed by atoms with Crippen LogP contribution in [0.2, 0.25) is 0 Å². The van der Waals surface area contributed by atoms with E-state index in [1.165, 1.54) is 6.08 Å². The van der Waals surface area contributed by atoms with E-state index >= 15 is 0 Å². The van der Waals surface area contributed by atoms with Crippen LogP contribution >= 0.6 is 0 Å². The van der Waals surface area contributed by atoms with Crippen LogP contribution in [0.1, 0.15) is 17.9 Å². The maximum absolute atomic E-state index is 12.1. The Bertz CT molecular complexity index is 368. The standard InChI is InChI=1S/C12H11F3O/c1-2-9(8-11(16)12(13,14)15)10-6-4-3-5-7-10/h2-7,9H,1,8H2. The first-order chi connectivity index (χ1) is 7.45. The molecule has 0 radical (unpaired) electrons. The lowest BCUT2D eigenvalue weighted by Crippen LogP contribution is -2.24. The van der Waals surface area contributed by atoms with Gasteiger partial charge in [-0.2, -0.15) is 13.2 Å². The molecule has 0 aliphatic heterocycles. The molecular formula is C12H11F3O. The molecule has 0 aromatic heterocycles. The molecule has 0 aliphatic rings. The zero-order valence-electron chi connectivity index (χ0n) is 8.50. The molecule has 16 heavy (non-hydrogen) atoms. The van der Waals surface area contributed by atoms with Crippen LogP contribution in [-0.4, -0.2) is 12.0 Å². The Kier molecular flexibility index (Phi) is 3.88. The topological polar surface area (TPSA) is 17.1 Å². The van der Waals surface area contributed by atoms with Gasteiger partial charge in [-0.1, -0.05) is 36.4 Å². The number of ketones is 1. The number of rotatable bonds is 4. The van der Waals surface area contributed by atoms with Gasteiger partial charge < -0.3 is 0 Å². The molecule has 1 aromatic rings. The Morgan fingerprint density at radius 2 is 1.88 bits per heavy atom. The summed E-state index contributed by atoms with van der Waals surface area (Å²) in [4.78, 5) is 10.8. The van der Waals surface area contributed by atoms with Gasteiger partial charge in [0.15, 0.2) is 0 Å². The highest BCUT2D eigenvalue weighted by atomic mass is 19.4. The zero-order valence-corrected chi connectivity index (χ0v) is 8.50. The molecule has 0 spiro atoms. The van der Waals surface area contributed by atoms with Gasteiger partial charge in [0.2, 0.25) is 5.78 Å². The predicted molar refractivity (Wildman–Crippen MR) is 55.1 cm³/mol. The molecule has 4 heteroatoms. The third kappa shape index (κ3) is 3.22. The van der Waals surface area contributed by atoms with E-state index in [2.05, 4.69) is 6.58 Å². The van der Waals surface area contributed by atoms with Gasteiger partial charge in [-0.15, -0.1) is 6.58 Å². The van der Waals surface area contributed by atoms with Gasteiger partial charge in [-0.3, -0.25) is 4.79 Å². The number of allylic oxidation sites excluding steroid dienone is 1. The third-order valence-electron chi connectivity index (χ3n) is 2.23. The Balaban J connectivity index is 2.79. The minimum atomic E-state index is -4.77. The van der Waals surface area contributed by atoms with Crippen molar-refractivity contribution in [2.75, 3.05) is 0 Å². The number of benzene rings is 1.